The van der Waals surface area contributed by atoms with Gasteiger partial charge < -0.3 is 0 Å². The molecule has 1 heterocycles. The van der Waals surface area contributed by atoms with Crippen molar-refractivity contribution in [2.24, 2.45) is 0 Å². The largest absolute Gasteiger partial charge is 0.256 e. The molecule has 0 spiro atoms. The third kappa shape index (κ3) is 2.70. The van der Waals surface area contributed by atoms with Crippen molar-refractivity contribution in [3.05, 3.63) is 48.2 Å². The number of aryl methyl sites for hydroxylation is 1. The topological polar surface area (TPSA) is 12.9 Å². The van der Waals surface area contributed by atoms with Crippen LogP contribution < -0.4 is 5.19 Å². The summed E-state index contributed by atoms with van der Waals surface area (Å²) < 4.78 is 63.6. The molecule has 0 aliphatic carbocycles. The molecule has 94 valence electrons. The van der Waals surface area contributed by atoms with E-state index in [0.29, 0.717) is 5.69 Å². The van der Waals surface area contributed by atoms with Gasteiger partial charge in [0, 0.05) is 22.7 Å². The predicted octanol–water partition coefficient (Wildman–Crippen LogP) is 3.86. The van der Waals surface area contributed by atoms with Gasteiger partial charge in [0.2, 0.25) is 0 Å². The van der Waals surface area contributed by atoms with Crippen LogP contribution in [-0.4, -0.2) is 13.1 Å². The zero-order valence-electron chi connectivity index (χ0n) is 18.5. The molecule has 1 aromatic carbocycles. The average Bonchev–Trinajstić information content (AvgIpc) is 2.51. The molecule has 0 saturated heterocycles. The Morgan fingerprint density at radius 3 is 2.61 bits per heavy atom. The third-order valence-electron chi connectivity index (χ3n) is 2.78. The quantitative estimate of drug-likeness (QED) is 0.766. The van der Waals surface area contributed by atoms with Crippen molar-refractivity contribution in [1.82, 2.24) is 4.98 Å². The molecule has 2 heteroatoms. The molecule has 0 saturated carbocycles. The van der Waals surface area contributed by atoms with E-state index in [1.54, 1.807) is 12.1 Å². The van der Waals surface area contributed by atoms with Crippen LogP contribution in [0, 0.1) is 0 Å². The van der Waals surface area contributed by atoms with Gasteiger partial charge in [0.1, 0.15) is 0 Å². The standard InChI is InChI=1S/C16H21NSi/c1-5-13-11-15(14-9-7-6-8-10-14)17-12-16(13)18(2,3)4/h6-12H,5H2,1-4H3/i2D3,3D3,5D2. The minimum Gasteiger partial charge on any atom is -0.256 e. The summed E-state index contributed by atoms with van der Waals surface area (Å²) in [5.41, 5.74) is 1.30. The highest BCUT2D eigenvalue weighted by atomic mass is 28.3. The van der Waals surface area contributed by atoms with Crippen LogP contribution in [0.1, 0.15) is 23.5 Å². The Balaban J connectivity index is 2.81. The van der Waals surface area contributed by atoms with Gasteiger partial charge in [-0.25, -0.2) is 0 Å². The first-order valence-corrected chi connectivity index (χ1v) is 8.26. The maximum Gasteiger partial charge on any atom is 0.0799 e. The van der Waals surface area contributed by atoms with Crippen molar-refractivity contribution in [1.29, 1.82) is 0 Å². The number of aromatic nitrogens is 1. The summed E-state index contributed by atoms with van der Waals surface area (Å²) in [5.74, 6) is 0. The lowest BCUT2D eigenvalue weighted by atomic mass is 10.1. The van der Waals surface area contributed by atoms with E-state index in [0.717, 1.165) is 5.56 Å². The third-order valence-corrected chi connectivity index (χ3v) is 4.26. The summed E-state index contributed by atoms with van der Waals surface area (Å²) in [5, 5.41) is 0.0182. The van der Waals surface area contributed by atoms with E-state index in [-0.39, 0.29) is 10.8 Å². The normalized spacial score (nSPS) is 20.3. The minimum atomic E-state index is -4.11. The van der Waals surface area contributed by atoms with Gasteiger partial charge in [0.25, 0.3) is 0 Å². The second kappa shape index (κ2) is 5.07. The predicted molar refractivity (Wildman–Crippen MR) is 82.0 cm³/mol. The van der Waals surface area contributed by atoms with Crippen LogP contribution in [0.25, 0.3) is 11.3 Å². The highest BCUT2D eigenvalue weighted by molar-refractivity contribution is 6.89. The van der Waals surface area contributed by atoms with E-state index in [1.165, 1.54) is 25.7 Å². The fourth-order valence-electron chi connectivity index (χ4n) is 1.83. The van der Waals surface area contributed by atoms with E-state index >= 15 is 0 Å². The van der Waals surface area contributed by atoms with Gasteiger partial charge in [0.15, 0.2) is 0 Å². The first-order valence-electron chi connectivity index (χ1n) is 9.76. The second-order valence-corrected chi connectivity index (χ2v) is 7.14. The van der Waals surface area contributed by atoms with E-state index in [1.807, 2.05) is 18.2 Å². The summed E-state index contributed by atoms with van der Waals surface area (Å²) in [6.45, 7) is -2.89. The van der Waals surface area contributed by atoms with Crippen LogP contribution in [0.3, 0.4) is 0 Å². The number of benzene rings is 1. The molecular weight excluding hydrogens is 234 g/mol. The molecule has 0 unspecified atom stereocenters. The van der Waals surface area contributed by atoms with Crippen molar-refractivity contribution in [3.63, 3.8) is 0 Å². The summed E-state index contributed by atoms with van der Waals surface area (Å²) in [7, 11) is -4.11. The molecule has 0 radical (unpaired) electrons. The van der Waals surface area contributed by atoms with Gasteiger partial charge in [-0.1, -0.05) is 56.8 Å². The van der Waals surface area contributed by atoms with Gasteiger partial charge in [-0.05, 0) is 23.2 Å². The van der Waals surface area contributed by atoms with Crippen LogP contribution in [0.15, 0.2) is 42.6 Å². The molecule has 1 nitrogen and oxygen atoms in total. The van der Waals surface area contributed by atoms with E-state index in [9.17, 15) is 0 Å². The Labute approximate surface area is 122 Å². The summed E-state index contributed by atoms with van der Waals surface area (Å²) >= 11 is 0. The second-order valence-electron chi connectivity index (χ2n) is 4.36. The lowest BCUT2D eigenvalue weighted by molar-refractivity contribution is 1.13. The van der Waals surface area contributed by atoms with Gasteiger partial charge >= 0.3 is 0 Å². The minimum absolute atomic E-state index is 0.0182. The summed E-state index contributed by atoms with van der Waals surface area (Å²) in [4.78, 5) is 4.28. The van der Waals surface area contributed by atoms with Gasteiger partial charge in [-0.2, -0.15) is 0 Å². The fraction of sp³-hybridized carbons (Fsp3) is 0.312. The van der Waals surface area contributed by atoms with E-state index in [4.69, 9.17) is 11.0 Å². The van der Waals surface area contributed by atoms with Crippen LogP contribution >= 0.6 is 0 Å². The smallest absolute Gasteiger partial charge is 0.0799 e. The Morgan fingerprint density at radius 1 is 1.28 bits per heavy atom. The highest BCUT2D eigenvalue weighted by Gasteiger charge is 2.20. The summed E-state index contributed by atoms with van der Waals surface area (Å²) in [6.07, 6.45) is -0.656. The molecule has 0 amide bonds. The molecule has 0 aliphatic heterocycles. The highest BCUT2D eigenvalue weighted by Crippen LogP contribution is 2.18. The number of nitrogens with zero attached hydrogens (tertiary/aromatic N) is 1. The maximum atomic E-state index is 8.16. The monoisotopic (exact) mass is 263 g/mol. The first kappa shape index (κ1) is 6.16. The summed E-state index contributed by atoms with van der Waals surface area (Å²) in [6, 6.07) is 10.6. The molecular formula is C16H21NSi. The van der Waals surface area contributed by atoms with Crippen LogP contribution in [0.5, 0.6) is 0 Å². The van der Waals surface area contributed by atoms with Crippen molar-refractivity contribution >= 4 is 13.3 Å². The first-order chi connectivity index (χ1) is 11.7. The zero-order valence-corrected chi connectivity index (χ0v) is 11.5. The molecule has 0 fully saturated rings. The Bertz CT molecular complexity index is 764. The lowest BCUT2D eigenvalue weighted by Gasteiger charge is -2.20. The number of hydrogen-bond acceptors (Lipinski definition) is 1. The van der Waals surface area contributed by atoms with Crippen LogP contribution in [-0.2, 0) is 6.37 Å². The zero-order chi connectivity index (χ0) is 20.0. The Morgan fingerprint density at radius 2 is 2.00 bits per heavy atom. The molecule has 0 N–H and O–H groups in total. The number of pyridine rings is 1. The van der Waals surface area contributed by atoms with Crippen molar-refractivity contribution in [3.8, 4) is 11.3 Å². The van der Waals surface area contributed by atoms with E-state index in [2.05, 4.69) is 4.98 Å². The molecule has 1 aromatic heterocycles. The maximum absolute atomic E-state index is 8.16. The van der Waals surface area contributed by atoms with Gasteiger partial charge in [-0.15, -0.1) is 0 Å². The molecule has 0 atom stereocenters. The van der Waals surface area contributed by atoms with Crippen molar-refractivity contribution in [2.45, 2.75) is 32.8 Å². The van der Waals surface area contributed by atoms with E-state index < -0.39 is 27.4 Å². The average molecular weight is 263 g/mol. The van der Waals surface area contributed by atoms with Crippen LogP contribution in [0.4, 0.5) is 0 Å². The SMILES string of the molecule is [2H]C([2H])(C)c1cc(-c2ccccc2)ncc1[Si](C)(C([2H])([2H])[2H])C([2H])([2H])[2H]. The molecule has 2 aromatic rings. The fourth-order valence-corrected chi connectivity index (χ4v) is 2.89. The Kier molecular flexibility index (Phi) is 1.73. The molecule has 0 aliphatic rings. The Hall–Kier alpha value is -1.41. The molecule has 0 bridgehead atoms. The number of hydrogen-bond donors (Lipinski definition) is 0. The lowest BCUT2D eigenvalue weighted by Crippen LogP contribution is -2.40. The molecule has 2 rings (SSSR count). The van der Waals surface area contributed by atoms with Gasteiger partial charge in [0.05, 0.1) is 13.8 Å². The van der Waals surface area contributed by atoms with Crippen molar-refractivity contribution in [2.75, 3.05) is 0 Å². The van der Waals surface area contributed by atoms with Crippen molar-refractivity contribution < 1.29 is 11.0 Å². The molecule has 18 heavy (non-hydrogen) atoms. The van der Waals surface area contributed by atoms with Gasteiger partial charge in [-0.3, -0.25) is 4.98 Å². The number of rotatable bonds is 3. The van der Waals surface area contributed by atoms with Crippen LogP contribution in [0.2, 0.25) is 19.5 Å².